The molecule has 0 aromatic heterocycles. The monoisotopic (exact) mass is 270 g/mol. The van der Waals surface area contributed by atoms with Crippen LogP contribution in [0.1, 0.15) is 19.3 Å². The molecule has 0 aromatic rings. The average Bonchev–Trinajstić information content (AvgIpc) is 2.67. The SMILES string of the molecule is [N-]=[N+]=NCC1CC(=O)N([C@@H](CCC(=O)O)C(=O)O)C1. The van der Waals surface area contributed by atoms with Crippen LogP contribution in [0.5, 0.6) is 0 Å². The summed E-state index contributed by atoms with van der Waals surface area (Å²) in [5, 5.41) is 21.0. The second-order valence-corrected chi connectivity index (χ2v) is 4.32. The van der Waals surface area contributed by atoms with Crippen molar-refractivity contribution in [3.8, 4) is 0 Å². The molecule has 104 valence electrons. The van der Waals surface area contributed by atoms with Crippen LogP contribution in [-0.2, 0) is 14.4 Å². The van der Waals surface area contributed by atoms with Crippen LogP contribution in [0.15, 0.2) is 5.11 Å². The van der Waals surface area contributed by atoms with Crippen LogP contribution in [0.25, 0.3) is 10.4 Å². The third kappa shape index (κ3) is 4.14. The fourth-order valence-corrected chi connectivity index (χ4v) is 2.06. The van der Waals surface area contributed by atoms with Crippen LogP contribution < -0.4 is 0 Å². The van der Waals surface area contributed by atoms with E-state index in [4.69, 9.17) is 15.7 Å². The molecule has 1 unspecified atom stereocenters. The van der Waals surface area contributed by atoms with Crippen molar-refractivity contribution >= 4 is 17.8 Å². The van der Waals surface area contributed by atoms with Crippen LogP contribution in [0.4, 0.5) is 0 Å². The molecule has 1 fully saturated rings. The lowest BCUT2D eigenvalue weighted by Crippen LogP contribution is -2.42. The van der Waals surface area contributed by atoms with Gasteiger partial charge in [0.25, 0.3) is 0 Å². The Hall–Kier alpha value is -2.28. The van der Waals surface area contributed by atoms with Crippen LogP contribution in [0.2, 0.25) is 0 Å². The zero-order valence-electron chi connectivity index (χ0n) is 10.1. The number of aliphatic carboxylic acids is 2. The zero-order chi connectivity index (χ0) is 14.4. The van der Waals surface area contributed by atoms with Crippen LogP contribution in [0, 0.1) is 5.92 Å². The van der Waals surface area contributed by atoms with Gasteiger partial charge in [0, 0.05) is 30.8 Å². The van der Waals surface area contributed by atoms with Gasteiger partial charge in [-0.3, -0.25) is 9.59 Å². The Morgan fingerprint density at radius 1 is 1.53 bits per heavy atom. The molecule has 9 heteroatoms. The van der Waals surface area contributed by atoms with Gasteiger partial charge < -0.3 is 15.1 Å². The van der Waals surface area contributed by atoms with Crippen LogP contribution >= 0.6 is 0 Å². The Kier molecular flexibility index (Phi) is 5.13. The van der Waals surface area contributed by atoms with Gasteiger partial charge in [-0.05, 0) is 17.9 Å². The lowest BCUT2D eigenvalue weighted by atomic mass is 10.1. The fourth-order valence-electron chi connectivity index (χ4n) is 2.06. The van der Waals surface area contributed by atoms with Gasteiger partial charge >= 0.3 is 11.9 Å². The van der Waals surface area contributed by atoms with Crippen molar-refractivity contribution in [3.63, 3.8) is 0 Å². The number of likely N-dealkylation sites (tertiary alicyclic amines) is 1. The summed E-state index contributed by atoms with van der Waals surface area (Å²) in [4.78, 5) is 37.0. The number of rotatable bonds is 7. The lowest BCUT2D eigenvalue weighted by Gasteiger charge is -2.24. The number of carbonyl (C=O) groups is 3. The highest BCUT2D eigenvalue weighted by Gasteiger charge is 2.37. The van der Waals surface area contributed by atoms with E-state index in [0.717, 1.165) is 4.90 Å². The van der Waals surface area contributed by atoms with Crippen LogP contribution in [0.3, 0.4) is 0 Å². The molecule has 0 bridgehead atoms. The van der Waals surface area contributed by atoms with E-state index in [2.05, 4.69) is 10.0 Å². The molecule has 0 saturated carbocycles. The average molecular weight is 270 g/mol. The van der Waals surface area contributed by atoms with E-state index >= 15 is 0 Å². The number of carboxylic acids is 2. The van der Waals surface area contributed by atoms with Crippen molar-refractivity contribution in [1.29, 1.82) is 0 Å². The molecule has 0 aromatic carbocycles. The molecule has 1 heterocycles. The Labute approximate surface area is 108 Å². The van der Waals surface area contributed by atoms with Crippen molar-refractivity contribution in [2.45, 2.75) is 25.3 Å². The van der Waals surface area contributed by atoms with Gasteiger partial charge in [0.15, 0.2) is 0 Å². The summed E-state index contributed by atoms with van der Waals surface area (Å²) in [6.07, 6.45) is -0.331. The molecular formula is C10H14N4O5. The maximum absolute atomic E-state index is 11.7. The van der Waals surface area contributed by atoms with Gasteiger partial charge in [0.2, 0.25) is 5.91 Å². The number of carbonyl (C=O) groups excluding carboxylic acids is 1. The highest BCUT2D eigenvalue weighted by atomic mass is 16.4. The van der Waals surface area contributed by atoms with E-state index in [9.17, 15) is 14.4 Å². The summed E-state index contributed by atoms with van der Waals surface area (Å²) < 4.78 is 0. The predicted octanol–water partition coefficient (Wildman–Crippen LogP) is 0.463. The molecule has 0 spiro atoms. The number of nitrogens with zero attached hydrogens (tertiary/aromatic N) is 4. The summed E-state index contributed by atoms with van der Waals surface area (Å²) in [5.41, 5.74) is 8.20. The van der Waals surface area contributed by atoms with Gasteiger partial charge in [0.1, 0.15) is 6.04 Å². The molecule has 9 nitrogen and oxygen atoms in total. The smallest absolute Gasteiger partial charge is 0.326 e. The molecule has 0 radical (unpaired) electrons. The third-order valence-corrected chi connectivity index (χ3v) is 2.93. The lowest BCUT2D eigenvalue weighted by molar-refractivity contribution is -0.149. The molecule has 19 heavy (non-hydrogen) atoms. The van der Waals surface area contributed by atoms with Gasteiger partial charge in [-0.1, -0.05) is 5.11 Å². The molecule has 1 amide bonds. The van der Waals surface area contributed by atoms with Gasteiger partial charge in [-0.2, -0.15) is 0 Å². The summed E-state index contributed by atoms with van der Waals surface area (Å²) in [7, 11) is 0. The quantitative estimate of drug-likeness (QED) is 0.392. The first-order valence-electron chi connectivity index (χ1n) is 5.70. The summed E-state index contributed by atoms with van der Waals surface area (Å²) in [5.74, 6) is -2.89. The van der Waals surface area contributed by atoms with Gasteiger partial charge in [0.05, 0.1) is 0 Å². The standard InChI is InChI=1S/C10H14N4O5/c11-13-12-4-6-3-8(15)14(5-6)7(10(18)19)1-2-9(16)17/h6-7H,1-5H2,(H,16,17)(H,18,19)/t6?,7-/m0/s1. The third-order valence-electron chi connectivity index (χ3n) is 2.93. The first-order valence-corrected chi connectivity index (χ1v) is 5.70. The van der Waals surface area contributed by atoms with Gasteiger partial charge in [-0.15, -0.1) is 0 Å². The summed E-state index contributed by atoms with van der Waals surface area (Å²) in [6, 6.07) is -1.14. The Balaban J connectivity index is 2.68. The normalized spacial score (nSPS) is 19.9. The minimum absolute atomic E-state index is 0.121. The fraction of sp³-hybridized carbons (Fsp3) is 0.700. The second kappa shape index (κ2) is 6.60. The molecule has 0 aliphatic carbocycles. The van der Waals surface area contributed by atoms with Crippen molar-refractivity contribution < 1.29 is 24.6 Å². The Morgan fingerprint density at radius 3 is 2.74 bits per heavy atom. The predicted molar refractivity (Wildman–Crippen MR) is 62.1 cm³/mol. The number of carboxylic acid groups (broad SMARTS) is 2. The number of amides is 1. The summed E-state index contributed by atoms with van der Waals surface area (Å²) >= 11 is 0. The Morgan fingerprint density at radius 2 is 2.21 bits per heavy atom. The van der Waals surface area contributed by atoms with E-state index < -0.39 is 18.0 Å². The largest absolute Gasteiger partial charge is 0.481 e. The molecule has 2 atom stereocenters. The highest BCUT2D eigenvalue weighted by molar-refractivity contribution is 5.85. The van der Waals surface area contributed by atoms with Crippen molar-refractivity contribution in [1.82, 2.24) is 4.90 Å². The number of hydrogen-bond donors (Lipinski definition) is 2. The minimum atomic E-state index is -1.22. The second-order valence-electron chi connectivity index (χ2n) is 4.32. The first-order chi connectivity index (χ1) is 8.95. The number of hydrogen-bond acceptors (Lipinski definition) is 4. The van der Waals surface area contributed by atoms with E-state index in [1.165, 1.54) is 0 Å². The Bertz CT molecular complexity index is 432. The molecule has 1 rings (SSSR count). The molecule has 1 aliphatic rings. The molecule has 1 aliphatic heterocycles. The summed E-state index contributed by atoms with van der Waals surface area (Å²) in [6.45, 7) is 0.304. The van der Waals surface area contributed by atoms with Crippen molar-refractivity contribution in [3.05, 3.63) is 10.4 Å². The van der Waals surface area contributed by atoms with E-state index in [1.807, 2.05) is 0 Å². The molecule has 2 N–H and O–H groups in total. The van der Waals surface area contributed by atoms with Crippen LogP contribution in [-0.4, -0.2) is 52.1 Å². The van der Waals surface area contributed by atoms with E-state index in [1.54, 1.807) is 0 Å². The maximum Gasteiger partial charge on any atom is 0.326 e. The van der Waals surface area contributed by atoms with Crippen molar-refractivity contribution in [2.75, 3.05) is 13.1 Å². The molecular weight excluding hydrogens is 256 g/mol. The number of azide groups is 1. The maximum atomic E-state index is 11.7. The first kappa shape index (κ1) is 14.8. The molecule has 1 saturated heterocycles. The van der Waals surface area contributed by atoms with Crippen molar-refractivity contribution in [2.24, 2.45) is 11.0 Å². The van der Waals surface area contributed by atoms with Gasteiger partial charge in [-0.25, -0.2) is 4.79 Å². The van der Waals surface area contributed by atoms with E-state index in [-0.39, 0.29) is 44.2 Å². The minimum Gasteiger partial charge on any atom is -0.481 e. The van der Waals surface area contributed by atoms with E-state index in [0.29, 0.717) is 0 Å². The highest BCUT2D eigenvalue weighted by Crippen LogP contribution is 2.22. The topological polar surface area (TPSA) is 144 Å². The zero-order valence-corrected chi connectivity index (χ0v) is 10.1.